The van der Waals surface area contributed by atoms with E-state index in [0.29, 0.717) is 0 Å². The Morgan fingerprint density at radius 3 is 1.30 bits per heavy atom. The lowest BCUT2D eigenvalue weighted by Crippen LogP contribution is -2.34. The number of hydrogen-bond acceptors (Lipinski definition) is 2. The molecule has 2 aliphatic carbocycles. The topological polar surface area (TPSA) is 6.48 Å². The monoisotopic (exact) mass is 736 g/mol. The number of anilines is 6. The van der Waals surface area contributed by atoms with E-state index in [0.717, 1.165) is 33.3 Å². The van der Waals surface area contributed by atoms with Gasteiger partial charge >= 0.3 is 0 Å². The first-order valence-corrected chi connectivity index (χ1v) is 20.4. The van der Waals surface area contributed by atoms with Gasteiger partial charge < -0.3 is 9.80 Å². The standard InChI is InChI=1S/C51H61ClN2/c1-34-28-36(52)30-42(29-34)53(37-18-16-35(17-19-37)47(2,3)4)38-14-13-15-39(31-38)54(40-20-22-43-45(32-40)50(9,10)26-24-48(43,5)6)41-21-23-44-46(33-41)51(11,12)27-25-49(44,7)8/h13-23,28-33H,24-27H2,1-12H3. The zero-order chi connectivity index (χ0) is 39.0. The average Bonchev–Trinajstić information content (AvgIpc) is 3.09. The number of halogens is 1. The van der Waals surface area contributed by atoms with Crippen LogP contribution in [0.15, 0.2) is 103 Å². The molecule has 2 aliphatic rings. The molecule has 5 aromatic rings. The van der Waals surface area contributed by atoms with Gasteiger partial charge in [-0.1, -0.05) is 118 Å². The van der Waals surface area contributed by atoms with Crippen LogP contribution in [0.4, 0.5) is 34.1 Å². The third-order valence-electron chi connectivity index (χ3n) is 12.8. The fraction of sp³-hybridized carbons (Fsp3) is 0.412. The van der Waals surface area contributed by atoms with Gasteiger partial charge in [0, 0.05) is 39.1 Å². The van der Waals surface area contributed by atoms with Gasteiger partial charge in [-0.15, -0.1) is 0 Å². The van der Waals surface area contributed by atoms with Gasteiger partial charge in [-0.05, 0) is 166 Å². The van der Waals surface area contributed by atoms with Crippen molar-refractivity contribution in [1.82, 2.24) is 0 Å². The highest BCUT2D eigenvalue weighted by atomic mass is 35.5. The molecule has 0 atom stereocenters. The van der Waals surface area contributed by atoms with E-state index in [2.05, 4.69) is 190 Å². The molecule has 0 saturated carbocycles. The molecular weight excluding hydrogens is 676 g/mol. The van der Waals surface area contributed by atoms with Gasteiger partial charge in [0.15, 0.2) is 0 Å². The van der Waals surface area contributed by atoms with Crippen molar-refractivity contribution in [2.75, 3.05) is 9.80 Å². The van der Waals surface area contributed by atoms with Crippen molar-refractivity contribution in [2.24, 2.45) is 0 Å². The molecular formula is C51H61ClN2. The maximum absolute atomic E-state index is 6.76. The van der Waals surface area contributed by atoms with Crippen LogP contribution in [0, 0.1) is 6.92 Å². The first-order valence-electron chi connectivity index (χ1n) is 20.0. The van der Waals surface area contributed by atoms with Crippen molar-refractivity contribution in [2.45, 2.75) is 136 Å². The van der Waals surface area contributed by atoms with Gasteiger partial charge in [0.25, 0.3) is 0 Å². The molecule has 3 heteroatoms. The van der Waals surface area contributed by atoms with E-state index < -0.39 is 0 Å². The van der Waals surface area contributed by atoms with Gasteiger partial charge in [-0.2, -0.15) is 0 Å². The number of benzene rings is 5. The Hall–Kier alpha value is -4.01. The average molecular weight is 738 g/mol. The van der Waals surface area contributed by atoms with Crippen LogP contribution in [0.25, 0.3) is 0 Å². The molecule has 0 aromatic heterocycles. The molecule has 0 radical (unpaired) electrons. The van der Waals surface area contributed by atoms with Crippen molar-refractivity contribution in [3.05, 3.63) is 142 Å². The van der Waals surface area contributed by atoms with Gasteiger partial charge in [-0.3, -0.25) is 0 Å². The third kappa shape index (κ3) is 7.12. The van der Waals surface area contributed by atoms with Crippen LogP contribution in [0.2, 0.25) is 5.02 Å². The van der Waals surface area contributed by atoms with Crippen LogP contribution in [-0.4, -0.2) is 0 Å². The summed E-state index contributed by atoms with van der Waals surface area (Å²) in [5.74, 6) is 0. The van der Waals surface area contributed by atoms with Crippen LogP contribution in [0.1, 0.15) is 135 Å². The lowest BCUT2D eigenvalue weighted by molar-refractivity contribution is 0.332. The summed E-state index contributed by atoms with van der Waals surface area (Å²) in [6, 6.07) is 39.0. The Bertz CT molecular complexity index is 2090. The number of fused-ring (bicyclic) bond motifs is 2. The predicted octanol–water partition coefficient (Wildman–Crippen LogP) is 15.6. The summed E-state index contributed by atoms with van der Waals surface area (Å²) in [4.78, 5) is 4.85. The van der Waals surface area contributed by atoms with Crippen molar-refractivity contribution in [3.63, 3.8) is 0 Å². The van der Waals surface area contributed by atoms with E-state index >= 15 is 0 Å². The number of aryl methyl sites for hydroxylation is 1. The fourth-order valence-electron chi connectivity index (χ4n) is 9.05. The molecule has 282 valence electrons. The maximum atomic E-state index is 6.76. The lowest BCUT2D eigenvalue weighted by atomic mass is 9.63. The summed E-state index contributed by atoms with van der Waals surface area (Å²) < 4.78 is 0. The molecule has 0 heterocycles. The summed E-state index contributed by atoms with van der Waals surface area (Å²) in [7, 11) is 0. The van der Waals surface area contributed by atoms with Crippen LogP contribution in [0.3, 0.4) is 0 Å². The minimum atomic E-state index is 0.0632. The Labute approximate surface area is 331 Å². The van der Waals surface area contributed by atoms with E-state index in [4.69, 9.17) is 11.6 Å². The summed E-state index contributed by atoms with van der Waals surface area (Å²) >= 11 is 6.76. The Morgan fingerprint density at radius 2 is 0.852 bits per heavy atom. The van der Waals surface area contributed by atoms with Gasteiger partial charge in [-0.25, -0.2) is 0 Å². The highest BCUT2D eigenvalue weighted by molar-refractivity contribution is 6.31. The largest absolute Gasteiger partial charge is 0.310 e. The van der Waals surface area contributed by atoms with Crippen LogP contribution in [0.5, 0.6) is 0 Å². The zero-order valence-electron chi connectivity index (χ0n) is 34.9. The smallest absolute Gasteiger partial charge is 0.0482 e. The maximum Gasteiger partial charge on any atom is 0.0482 e. The molecule has 2 nitrogen and oxygen atoms in total. The normalized spacial score (nSPS) is 18.0. The number of hydrogen-bond donors (Lipinski definition) is 0. The first kappa shape index (κ1) is 38.3. The molecule has 7 rings (SSSR count). The van der Waals surface area contributed by atoms with Gasteiger partial charge in [0.1, 0.15) is 0 Å². The molecule has 0 fully saturated rings. The highest BCUT2D eigenvalue weighted by Gasteiger charge is 2.39. The third-order valence-corrected chi connectivity index (χ3v) is 13.0. The molecule has 0 amide bonds. The SMILES string of the molecule is Cc1cc(Cl)cc(N(c2ccc(C(C)(C)C)cc2)c2cccc(N(c3ccc4c(c3)C(C)(C)CCC4(C)C)c3ccc4c(c3)C(C)(C)CCC4(C)C)c2)c1. The van der Waals surface area contributed by atoms with Crippen LogP contribution < -0.4 is 9.80 Å². The van der Waals surface area contributed by atoms with E-state index in [-0.39, 0.29) is 27.1 Å². The Morgan fingerprint density at radius 1 is 0.444 bits per heavy atom. The highest BCUT2D eigenvalue weighted by Crippen LogP contribution is 2.51. The number of nitrogens with zero attached hydrogens (tertiary/aromatic N) is 2. The van der Waals surface area contributed by atoms with Gasteiger partial charge in [0.2, 0.25) is 0 Å². The van der Waals surface area contributed by atoms with Crippen LogP contribution in [-0.2, 0) is 27.1 Å². The number of rotatable bonds is 6. The summed E-state index contributed by atoms with van der Waals surface area (Å²) in [5.41, 5.74) is 15.6. The Kier molecular flexibility index (Phi) is 9.45. The predicted molar refractivity (Wildman–Crippen MR) is 235 cm³/mol. The summed E-state index contributed by atoms with van der Waals surface area (Å²) in [6.45, 7) is 28.3. The van der Waals surface area contributed by atoms with Crippen molar-refractivity contribution in [3.8, 4) is 0 Å². The second-order valence-electron chi connectivity index (χ2n) is 20.0. The molecule has 54 heavy (non-hydrogen) atoms. The molecule has 0 bridgehead atoms. The lowest BCUT2D eigenvalue weighted by Gasteiger charge is -2.43. The molecule has 0 unspecified atom stereocenters. The van der Waals surface area contributed by atoms with Crippen molar-refractivity contribution >= 4 is 45.7 Å². The molecule has 0 N–H and O–H groups in total. The van der Waals surface area contributed by atoms with Gasteiger partial charge in [0.05, 0.1) is 0 Å². The molecule has 0 spiro atoms. The van der Waals surface area contributed by atoms with E-state index in [9.17, 15) is 0 Å². The minimum absolute atomic E-state index is 0.0632. The van der Waals surface area contributed by atoms with E-state index in [1.807, 2.05) is 6.07 Å². The van der Waals surface area contributed by atoms with Crippen LogP contribution >= 0.6 is 11.6 Å². The zero-order valence-corrected chi connectivity index (χ0v) is 35.7. The quantitative estimate of drug-likeness (QED) is 0.171. The summed E-state index contributed by atoms with van der Waals surface area (Å²) in [5, 5.41) is 0.735. The molecule has 0 aliphatic heterocycles. The molecule has 0 saturated heterocycles. The van der Waals surface area contributed by atoms with Crippen molar-refractivity contribution in [1.29, 1.82) is 0 Å². The minimum Gasteiger partial charge on any atom is -0.310 e. The Balaban J connectivity index is 1.45. The summed E-state index contributed by atoms with van der Waals surface area (Å²) in [6.07, 6.45) is 4.75. The van der Waals surface area contributed by atoms with E-state index in [1.165, 1.54) is 64.9 Å². The first-order chi connectivity index (χ1) is 25.2. The van der Waals surface area contributed by atoms with E-state index in [1.54, 1.807) is 0 Å². The second kappa shape index (κ2) is 13.3. The second-order valence-corrected chi connectivity index (χ2v) is 20.4. The van der Waals surface area contributed by atoms with Crippen molar-refractivity contribution < 1.29 is 0 Å². The fourth-order valence-corrected chi connectivity index (χ4v) is 9.34. The molecule has 5 aromatic carbocycles.